The average Bonchev–Trinajstić information content (AvgIpc) is 2.42. The largest absolute Gasteiger partial charge is 0.350 e. The van der Waals surface area contributed by atoms with E-state index < -0.39 is 22.7 Å². The third kappa shape index (κ3) is 3.94. The molecule has 0 atom stereocenters. The minimum Gasteiger partial charge on any atom is -0.350 e. The number of nitrogens with one attached hydrogen (secondary N) is 2. The Kier molecular flexibility index (Phi) is 6.67. The summed E-state index contributed by atoms with van der Waals surface area (Å²) in [5.74, 6) is -0.534. The number of H-pyrrole nitrogens is 1. The van der Waals surface area contributed by atoms with Crippen LogP contribution in [-0.4, -0.2) is 27.5 Å². The number of amides is 1. The molecule has 1 aromatic heterocycles. The number of carbonyl (C=O) groups is 1. The number of aromatic nitrogens is 2. The van der Waals surface area contributed by atoms with E-state index >= 15 is 0 Å². The summed E-state index contributed by atoms with van der Waals surface area (Å²) in [7, 11) is 1.31. The first-order chi connectivity index (χ1) is 8.84. The maximum absolute atomic E-state index is 11.9. The van der Waals surface area contributed by atoms with Crippen molar-refractivity contribution in [1.29, 1.82) is 0 Å². The van der Waals surface area contributed by atoms with Crippen LogP contribution in [0.2, 0.25) is 0 Å². The topological polar surface area (TPSA) is 110 Å². The summed E-state index contributed by atoms with van der Waals surface area (Å²) in [6, 6.07) is 0. The van der Waals surface area contributed by atoms with Gasteiger partial charge in [0.1, 0.15) is 5.56 Å². The molecule has 0 aromatic carbocycles. The molecule has 0 spiro atoms. The van der Waals surface area contributed by atoms with Gasteiger partial charge in [0.05, 0.1) is 0 Å². The highest BCUT2D eigenvalue weighted by Gasteiger charge is 2.22. The van der Waals surface area contributed by atoms with Gasteiger partial charge >= 0.3 is 5.69 Å². The van der Waals surface area contributed by atoms with Gasteiger partial charge in [0.2, 0.25) is 0 Å². The summed E-state index contributed by atoms with van der Waals surface area (Å²) in [5, 5.41) is 2.63. The standard InChI is InChI=1S/C12H20N4O3.ClH/c1-4-12(13,5-2)7-15-9(17)8-6-14-11(19)16(3)10(8)18;/h6H,4-5,7,13H2,1-3H3,(H,14,19)(H,15,17);1H. The molecule has 0 aliphatic heterocycles. The minimum absolute atomic E-state index is 0. The Morgan fingerprint density at radius 1 is 1.40 bits per heavy atom. The molecule has 0 saturated carbocycles. The lowest BCUT2D eigenvalue weighted by Gasteiger charge is -2.26. The van der Waals surface area contributed by atoms with Gasteiger partial charge in [-0.05, 0) is 12.8 Å². The highest BCUT2D eigenvalue weighted by molar-refractivity contribution is 5.93. The second-order valence-corrected chi connectivity index (χ2v) is 4.62. The van der Waals surface area contributed by atoms with Crippen molar-refractivity contribution in [2.45, 2.75) is 32.2 Å². The first-order valence-electron chi connectivity index (χ1n) is 6.20. The van der Waals surface area contributed by atoms with Gasteiger partial charge < -0.3 is 16.0 Å². The summed E-state index contributed by atoms with van der Waals surface area (Å²) in [6.45, 7) is 4.16. The number of hydrogen-bond acceptors (Lipinski definition) is 4. The highest BCUT2D eigenvalue weighted by atomic mass is 35.5. The van der Waals surface area contributed by atoms with E-state index in [2.05, 4.69) is 10.3 Å². The van der Waals surface area contributed by atoms with Gasteiger partial charge in [0, 0.05) is 25.3 Å². The molecule has 1 heterocycles. The van der Waals surface area contributed by atoms with Crippen molar-refractivity contribution in [1.82, 2.24) is 14.9 Å². The maximum atomic E-state index is 11.9. The van der Waals surface area contributed by atoms with Gasteiger partial charge in [-0.3, -0.25) is 14.2 Å². The molecule has 1 rings (SSSR count). The smallest absolute Gasteiger partial charge is 0.328 e. The first kappa shape index (κ1) is 18.4. The lowest BCUT2D eigenvalue weighted by Crippen LogP contribution is -2.50. The Morgan fingerprint density at radius 2 is 1.95 bits per heavy atom. The SMILES string of the molecule is CCC(N)(CC)CNC(=O)c1c[nH]c(=O)n(C)c1=O.Cl. The van der Waals surface area contributed by atoms with Crippen molar-refractivity contribution in [3.63, 3.8) is 0 Å². The van der Waals surface area contributed by atoms with E-state index in [0.717, 1.165) is 10.8 Å². The number of hydrogen-bond donors (Lipinski definition) is 3. The first-order valence-corrected chi connectivity index (χ1v) is 6.20. The fourth-order valence-electron chi connectivity index (χ4n) is 1.58. The molecule has 0 aliphatic rings. The van der Waals surface area contributed by atoms with Crippen molar-refractivity contribution in [2.24, 2.45) is 12.8 Å². The van der Waals surface area contributed by atoms with E-state index in [1.807, 2.05) is 13.8 Å². The lowest BCUT2D eigenvalue weighted by molar-refractivity contribution is 0.0939. The van der Waals surface area contributed by atoms with E-state index in [9.17, 15) is 14.4 Å². The zero-order valence-corrected chi connectivity index (χ0v) is 12.7. The van der Waals surface area contributed by atoms with Crippen LogP contribution in [0.25, 0.3) is 0 Å². The van der Waals surface area contributed by atoms with Crippen LogP contribution in [-0.2, 0) is 7.05 Å². The van der Waals surface area contributed by atoms with Gasteiger partial charge in [0.25, 0.3) is 11.5 Å². The van der Waals surface area contributed by atoms with Crippen LogP contribution in [0.3, 0.4) is 0 Å². The van der Waals surface area contributed by atoms with Crippen LogP contribution >= 0.6 is 12.4 Å². The number of rotatable bonds is 5. The second kappa shape index (κ2) is 7.25. The molecule has 0 fully saturated rings. The second-order valence-electron chi connectivity index (χ2n) is 4.62. The van der Waals surface area contributed by atoms with Gasteiger partial charge in [-0.2, -0.15) is 0 Å². The molecule has 0 bridgehead atoms. The van der Waals surface area contributed by atoms with Crippen molar-refractivity contribution in [2.75, 3.05) is 6.54 Å². The highest BCUT2D eigenvalue weighted by Crippen LogP contribution is 2.09. The normalized spacial score (nSPS) is 10.8. The predicted molar refractivity (Wildman–Crippen MR) is 79.4 cm³/mol. The molecule has 0 radical (unpaired) electrons. The molecule has 20 heavy (non-hydrogen) atoms. The van der Waals surface area contributed by atoms with Crippen molar-refractivity contribution in [3.8, 4) is 0 Å². The van der Waals surface area contributed by atoms with E-state index in [0.29, 0.717) is 12.8 Å². The van der Waals surface area contributed by atoms with Gasteiger partial charge in [-0.1, -0.05) is 13.8 Å². The van der Waals surface area contributed by atoms with Crippen LogP contribution < -0.4 is 22.3 Å². The minimum atomic E-state index is -0.628. The van der Waals surface area contributed by atoms with Crippen LogP contribution in [0, 0.1) is 0 Å². The fraction of sp³-hybridized carbons (Fsp3) is 0.583. The Morgan fingerprint density at radius 3 is 2.45 bits per heavy atom. The van der Waals surface area contributed by atoms with Gasteiger partial charge in [-0.15, -0.1) is 12.4 Å². The Balaban J connectivity index is 0.00000361. The quantitative estimate of drug-likeness (QED) is 0.696. The van der Waals surface area contributed by atoms with Crippen LogP contribution in [0.5, 0.6) is 0 Å². The number of nitrogens with two attached hydrogens (primary N) is 1. The lowest BCUT2D eigenvalue weighted by atomic mass is 9.94. The third-order valence-electron chi connectivity index (χ3n) is 3.43. The van der Waals surface area contributed by atoms with Crippen LogP contribution in [0.1, 0.15) is 37.0 Å². The zero-order chi connectivity index (χ0) is 14.6. The summed E-state index contributed by atoms with van der Waals surface area (Å²) < 4.78 is 0.851. The number of halogens is 1. The molecule has 1 amide bonds. The molecule has 7 nitrogen and oxygen atoms in total. The third-order valence-corrected chi connectivity index (χ3v) is 3.43. The predicted octanol–water partition coefficient (Wildman–Crippen LogP) is -0.257. The van der Waals surface area contributed by atoms with Crippen molar-refractivity contribution >= 4 is 18.3 Å². The Bertz CT molecular complexity index is 575. The summed E-state index contributed by atoms with van der Waals surface area (Å²) in [4.78, 5) is 37.2. The van der Waals surface area contributed by atoms with E-state index in [1.54, 1.807) is 0 Å². The molecule has 114 valence electrons. The van der Waals surface area contributed by atoms with E-state index in [1.165, 1.54) is 7.05 Å². The summed E-state index contributed by atoms with van der Waals surface area (Å²) in [5.41, 5.74) is 4.29. The monoisotopic (exact) mass is 304 g/mol. The summed E-state index contributed by atoms with van der Waals surface area (Å²) >= 11 is 0. The molecular weight excluding hydrogens is 284 g/mol. The fourth-order valence-corrected chi connectivity index (χ4v) is 1.58. The number of carbonyl (C=O) groups excluding carboxylic acids is 1. The zero-order valence-electron chi connectivity index (χ0n) is 11.9. The molecule has 0 unspecified atom stereocenters. The number of nitrogens with zero attached hydrogens (tertiary/aromatic N) is 1. The number of aromatic amines is 1. The summed E-state index contributed by atoms with van der Waals surface area (Å²) in [6.07, 6.45) is 2.55. The van der Waals surface area contributed by atoms with Crippen LogP contribution in [0.15, 0.2) is 15.8 Å². The van der Waals surface area contributed by atoms with Gasteiger partial charge in [0.15, 0.2) is 0 Å². The molecule has 8 heteroatoms. The van der Waals surface area contributed by atoms with Crippen molar-refractivity contribution < 1.29 is 4.79 Å². The Labute approximate surface area is 123 Å². The van der Waals surface area contributed by atoms with E-state index in [-0.39, 0.29) is 24.5 Å². The Hall–Kier alpha value is -1.60. The molecule has 1 aromatic rings. The van der Waals surface area contributed by atoms with Crippen LogP contribution in [0.4, 0.5) is 0 Å². The van der Waals surface area contributed by atoms with E-state index in [4.69, 9.17) is 5.73 Å². The van der Waals surface area contributed by atoms with Gasteiger partial charge in [-0.25, -0.2) is 4.79 Å². The van der Waals surface area contributed by atoms with Crippen molar-refractivity contribution in [3.05, 3.63) is 32.6 Å². The molecule has 0 aliphatic carbocycles. The molecular formula is C12H21ClN4O3. The average molecular weight is 305 g/mol. The molecule has 0 saturated heterocycles. The maximum Gasteiger partial charge on any atom is 0.328 e. The molecule has 4 N–H and O–H groups in total.